The van der Waals surface area contributed by atoms with Gasteiger partial charge in [-0.15, -0.1) is 0 Å². The Kier molecular flexibility index (Phi) is 48.3. The molecule has 0 atom stereocenters. The maximum Gasteiger partial charge on any atom is 0.0428 e. The molecule has 1 N–H and O–H groups in total. The summed E-state index contributed by atoms with van der Waals surface area (Å²) in [5.41, 5.74) is 0. The van der Waals surface area contributed by atoms with Gasteiger partial charge in [-0.25, -0.2) is 0 Å². The maximum absolute atomic E-state index is 7.88. The summed E-state index contributed by atoms with van der Waals surface area (Å²) in [6.45, 7) is 7.75. The zero-order chi connectivity index (χ0) is 6.12. The third kappa shape index (κ3) is 54.8. The first kappa shape index (κ1) is 16.1. The van der Waals surface area contributed by atoms with Crippen LogP contribution in [0.1, 0.15) is 26.7 Å². The number of hydrogen-bond acceptors (Lipinski definition) is 1. The molecular formula is C6H15OSm-. The molecule has 8 heavy (non-hydrogen) atoms. The molecule has 0 unspecified atom stereocenters. The van der Waals surface area contributed by atoms with Gasteiger partial charge in [0.05, 0.1) is 0 Å². The van der Waals surface area contributed by atoms with Crippen molar-refractivity contribution in [2.75, 3.05) is 6.61 Å². The summed E-state index contributed by atoms with van der Waals surface area (Å²) in [4.78, 5) is 0. The van der Waals surface area contributed by atoms with E-state index in [9.17, 15) is 0 Å². The summed E-state index contributed by atoms with van der Waals surface area (Å²) in [5, 5.41) is 7.88. The maximum atomic E-state index is 7.88. The van der Waals surface area contributed by atoms with E-state index >= 15 is 0 Å². The molecule has 1 nitrogen and oxygen atoms in total. The average Bonchev–Trinajstić information content (AvgIpc) is 1.69. The average molecular weight is 254 g/mol. The second-order valence-electron chi connectivity index (χ2n) is 1.22. The van der Waals surface area contributed by atoms with E-state index in [1.165, 1.54) is 0 Å². The Morgan fingerprint density at radius 1 is 1.38 bits per heavy atom. The van der Waals surface area contributed by atoms with Crippen molar-refractivity contribution in [1.29, 1.82) is 0 Å². The summed E-state index contributed by atoms with van der Waals surface area (Å²) in [7, 11) is 0. The first-order valence-corrected chi connectivity index (χ1v) is 2.73. The molecule has 0 saturated carbocycles. The van der Waals surface area contributed by atoms with Crippen LogP contribution in [0.2, 0.25) is 0 Å². The van der Waals surface area contributed by atoms with Gasteiger partial charge in [0.15, 0.2) is 0 Å². The number of rotatable bonds is 1. The van der Waals surface area contributed by atoms with Gasteiger partial charge in [-0.3, -0.25) is 0 Å². The van der Waals surface area contributed by atoms with Gasteiger partial charge in [0.1, 0.15) is 0 Å². The van der Waals surface area contributed by atoms with E-state index < -0.39 is 0 Å². The predicted molar refractivity (Wildman–Crippen MR) is 33.0 cm³/mol. The molecule has 0 aromatic heterocycles. The predicted octanol–water partition coefficient (Wildman–Crippen LogP) is 1.62. The topological polar surface area (TPSA) is 20.2 Å². The van der Waals surface area contributed by atoms with Gasteiger partial charge >= 0.3 is 0 Å². The van der Waals surface area contributed by atoms with Crippen molar-refractivity contribution < 1.29 is 45.5 Å². The molecule has 2 heteroatoms. The molecule has 0 saturated heterocycles. The van der Waals surface area contributed by atoms with Crippen molar-refractivity contribution in [3.8, 4) is 0 Å². The fourth-order valence-corrected chi connectivity index (χ4v) is 0. The quantitative estimate of drug-likeness (QED) is 0.704. The normalized spacial score (nSPS) is 6.00. The summed E-state index contributed by atoms with van der Waals surface area (Å²) >= 11 is 0. The SMILES string of the molecule is CCCO.[CH2-]CC.[Sm]. The van der Waals surface area contributed by atoms with Crippen LogP contribution in [0.15, 0.2) is 0 Å². The molecule has 0 spiro atoms. The van der Waals surface area contributed by atoms with Gasteiger partial charge < -0.3 is 12.0 Å². The van der Waals surface area contributed by atoms with Crippen LogP contribution in [-0.2, 0) is 0 Å². The van der Waals surface area contributed by atoms with E-state index in [4.69, 9.17) is 5.11 Å². The van der Waals surface area contributed by atoms with Crippen molar-refractivity contribution in [2.24, 2.45) is 0 Å². The van der Waals surface area contributed by atoms with E-state index in [0.717, 1.165) is 12.8 Å². The van der Waals surface area contributed by atoms with Crippen LogP contribution in [0.5, 0.6) is 0 Å². The number of hydrogen-bond donors (Lipinski definition) is 1. The molecule has 0 heterocycles. The third-order valence-electron chi connectivity index (χ3n) is 0.224. The summed E-state index contributed by atoms with van der Waals surface area (Å²) in [5.74, 6) is 0. The second kappa shape index (κ2) is 23.9. The zero-order valence-electron chi connectivity index (χ0n) is 5.68. The molecule has 0 aliphatic rings. The molecule has 0 radical (unpaired) electrons. The largest absolute Gasteiger partial charge is 0.396 e. The first-order chi connectivity index (χ1) is 3.33. The zero-order valence-corrected chi connectivity index (χ0v) is 8.30. The molecule has 0 aromatic carbocycles. The Bertz CT molecular complexity index is 16.0. The van der Waals surface area contributed by atoms with Crippen molar-refractivity contribution in [3.05, 3.63) is 6.92 Å². The van der Waals surface area contributed by atoms with Gasteiger partial charge in [0, 0.05) is 47.0 Å². The standard InChI is InChI=1S/C3H8O.C3H7.Sm/c1-2-3-4;1-3-2;/h4H,2-3H2,1H3;1,3H2,2H3;/q;-1;. The molecule has 0 fully saturated rings. The summed E-state index contributed by atoms with van der Waals surface area (Å²) in [6, 6.07) is 0. The van der Waals surface area contributed by atoms with Crippen LogP contribution in [-0.4, -0.2) is 11.7 Å². The molecule has 0 aromatic rings. The Balaban J connectivity index is -0.0000000575. The molecule has 0 bridgehead atoms. The molecule has 0 aliphatic carbocycles. The van der Waals surface area contributed by atoms with E-state index in [2.05, 4.69) is 6.92 Å². The smallest absolute Gasteiger partial charge is 0.0428 e. The van der Waals surface area contributed by atoms with Gasteiger partial charge in [-0.05, 0) is 6.42 Å². The van der Waals surface area contributed by atoms with Gasteiger partial charge in [0.2, 0.25) is 0 Å². The second-order valence-corrected chi connectivity index (χ2v) is 1.22. The van der Waals surface area contributed by atoms with Crippen LogP contribution in [0.3, 0.4) is 0 Å². The fraction of sp³-hybridized carbons (Fsp3) is 0.833. The minimum absolute atomic E-state index is 0. The van der Waals surface area contributed by atoms with Gasteiger partial charge in [-0.1, -0.05) is 13.8 Å². The summed E-state index contributed by atoms with van der Waals surface area (Å²) < 4.78 is 0. The van der Waals surface area contributed by atoms with E-state index in [0.29, 0.717) is 6.61 Å². The number of aliphatic hydroxyl groups is 1. The van der Waals surface area contributed by atoms with Gasteiger partial charge in [0.25, 0.3) is 0 Å². The van der Waals surface area contributed by atoms with E-state index in [1.807, 2.05) is 13.8 Å². The van der Waals surface area contributed by atoms with E-state index in [-0.39, 0.29) is 40.4 Å². The Morgan fingerprint density at radius 3 is 1.50 bits per heavy atom. The number of aliphatic hydroxyl groups excluding tert-OH is 1. The Hall–Kier alpha value is 1.30. The molecular weight excluding hydrogens is 238 g/mol. The monoisotopic (exact) mass is 255 g/mol. The van der Waals surface area contributed by atoms with Crippen LogP contribution < -0.4 is 0 Å². The van der Waals surface area contributed by atoms with Crippen molar-refractivity contribution in [1.82, 2.24) is 0 Å². The minimum Gasteiger partial charge on any atom is -0.396 e. The third-order valence-corrected chi connectivity index (χ3v) is 0.224. The first-order valence-electron chi connectivity index (χ1n) is 2.73. The molecule has 0 aliphatic heterocycles. The van der Waals surface area contributed by atoms with E-state index in [1.54, 1.807) is 0 Å². The minimum atomic E-state index is 0. The van der Waals surface area contributed by atoms with Gasteiger partial charge in [-0.2, -0.15) is 6.42 Å². The Labute approximate surface area is 85.0 Å². The van der Waals surface area contributed by atoms with Crippen molar-refractivity contribution >= 4 is 0 Å². The summed E-state index contributed by atoms with van der Waals surface area (Å²) in [6.07, 6.45) is 1.88. The fourth-order valence-electron chi connectivity index (χ4n) is 0. The molecule has 0 amide bonds. The molecule has 0 rings (SSSR count). The van der Waals surface area contributed by atoms with Crippen LogP contribution >= 0.6 is 0 Å². The molecule has 52 valence electrons. The van der Waals surface area contributed by atoms with Crippen LogP contribution in [0, 0.1) is 47.3 Å². The van der Waals surface area contributed by atoms with Crippen LogP contribution in [0.4, 0.5) is 0 Å². The van der Waals surface area contributed by atoms with Crippen LogP contribution in [0.25, 0.3) is 0 Å². The van der Waals surface area contributed by atoms with Crippen molar-refractivity contribution in [2.45, 2.75) is 26.7 Å². The van der Waals surface area contributed by atoms with Crippen molar-refractivity contribution in [3.63, 3.8) is 0 Å². The Morgan fingerprint density at radius 2 is 1.50 bits per heavy atom.